The van der Waals surface area contributed by atoms with Crippen LogP contribution in [0.4, 0.5) is 10.5 Å². The first-order chi connectivity index (χ1) is 24.3. The van der Waals surface area contributed by atoms with Gasteiger partial charge in [0.15, 0.2) is 0 Å². The van der Waals surface area contributed by atoms with Crippen molar-refractivity contribution in [1.82, 2.24) is 20.1 Å². The molecule has 5 atom stereocenters. The fourth-order valence-corrected chi connectivity index (χ4v) is 6.80. The van der Waals surface area contributed by atoms with E-state index in [-0.39, 0.29) is 60.4 Å². The molecule has 1 saturated heterocycles. The second-order valence-corrected chi connectivity index (χ2v) is 14.7. The number of nitrogens with one attached hydrogen (secondary N) is 4. The summed E-state index contributed by atoms with van der Waals surface area (Å²) in [4.78, 5) is 20.4. The minimum atomic E-state index is -0.381. The van der Waals surface area contributed by atoms with Gasteiger partial charge in [-0.2, -0.15) is 0 Å². The van der Waals surface area contributed by atoms with Crippen molar-refractivity contribution in [3.05, 3.63) is 83.5 Å². The van der Waals surface area contributed by atoms with E-state index in [0.717, 1.165) is 30.4 Å². The summed E-state index contributed by atoms with van der Waals surface area (Å²) in [6.07, 6.45) is 6.31. The molecule has 3 aromatic rings. The molecule has 0 saturated carbocycles. The van der Waals surface area contributed by atoms with Crippen LogP contribution in [-0.4, -0.2) is 63.7 Å². The summed E-state index contributed by atoms with van der Waals surface area (Å²) in [5.41, 5.74) is 9.10. The Hall–Kier alpha value is -4.68. The lowest BCUT2D eigenvalue weighted by molar-refractivity contribution is 0.169. The number of aliphatic hydroxyl groups excluding tert-OH is 1. The molecule has 2 heterocycles. The van der Waals surface area contributed by atoms with Gasteiger partial charge in [-0.05, 0) is 86.8 Å². The molecule has 5 rings (SSSR count). The Morgan fingerprint density at radius 1 is 1.02 bits per heavy atom. The first-order valence-electron chi connectivity index (χ1n) is 18.0. The molecule has 274 valence electrons. The largest absolute Gasteiger partial charge is 0.491 e. The smallest absolute Gasteiger partial charge is 0.320 e. The Kier molecular flexibility index (Phi) is 12.2. The van der Waals surface area contributed by atoms with Crippen molar-refractivity contribution < 1.29 is 19.4 Å². The minimum Gasteiger partial charge on any atom is -0.491 e. The van der Waals surface area contributed by atoms with E-state index >= 15 is 0 Å². The highest BCUT2D eigenvalue weighted by atomic mass is 16.5. The van der Waals surface area contributed by atoms with Crippen LogP contribution in [0.2, 0.25) is 0 Å². The summed E-state index contributed by atoms with van der Waals surface area (Å²) >= 11 is 0. The zero-order valence-corrected chi connectivity index (χ0v) is 30.5. The molecule has 1 aliphatic heterocycles. The zero-order valence-electron chi connectivity index (χ0n) is 30.5. The summed E-state index contributed by atoms with van der Waals surface area (Å²) in [5, 5.41) is 32.8. The van der Waals surface area contributed by atoms with Crippen LogP contribution < -0.4 is 31.3 Å². The van der Waals surface area contributed by atoms with E-state index in [4.69, 9.17) is 36.1 Å². The second kappa shape index (κ2) is 16.6. The van der Waals surface area contributed by atoms with Crippen molar-refractivity contribution in [1.29, 1.82) is 10.8 Å². The molecule has 7 N–H and O–H groups in total. The molecule has 2 aliphatic rings. The summed E-state index contributed by atoms with van der Waals surface area (Å²) < 4.78 is 13.7. The molecule has 1 aliphatic carbocycles. The summed E-state index contributed by atoms with van der Waals surface area (Å²) in [5.74, 6) is 1.88. The maximum Gasteiger partial charge on any atom is 0.320 e. The number of rotatable bonds is 9. The van der Waals surface area contributed by atoms with Gasteiger partial charge in [0.25, 0.3) is 0 Å². The molecular weight excluding hydrogens is 644 g/mol. The molecule has 12 heteroatoms. The number of carbonyl (C=O) groups excluding carboxylic acids is 1. The number of aliphatic imine (C=N–C) groups is 1. The van der Waals surface area contributed by atoms with Crippen LogP contribution in [0.15, 0.2) is 71.9 Å². The number of pyridine rings is 1. The number of amidine groups is 1. The van der Waals surface area contributed by atoms with E-state index in [2.05, 4.69) is 50.2 Å². The number of hydrogen-bond donors (Lipinski definition) is 6. The lowest BCUT2D eigenvalue weighted by Crippen LogP contribution is -2.51. The Morgan fingerprint density at radius 2 is 1.75 bits per heavy atom. The number of carbonyl (C=O) groups is 1. The van der Waals surface area contributed by atoms with Crippen molar-refractivity contribution in [2.75, 3.05) is 13.2 Å². The lowest BCUT2D eigenvalue weighted by Gasteiger charge is -2.41. The van der Waals surface area contributed by atoms with E-state index in [0.29, 0.717) is 48.2 Å². The van der Waals surface area contributed by atoms with E-state index in [1.807, 2.05) is 36.4 Å². The van der Waals surface area contributed by atoms with Crippen LogP contribution in [0, 0.1) is 16.2 Å². The van der Waals surface area contributed by atoms with Crippen LogP contribution >= 0.6 is 0 Å². The molecule has 2 amide bonds. The Labute approximate surface area is 301 Å². The fourth-order valence-electron chi connectivity index (χ4n) is 6.80. The molecule has 2 aromatic carbocycles. The first kappa shape index (κ1) is 37.6. The summed E-state index contributed by atoms with van der Waals surface area (Å²) in [6, 6.07) is 18.2. The number of nitrogens with two attached hydrogens (primary N) is 1. The van der Waals surface area contributed by atoms with Gasteiger partial charge in [-0.3, -0.25) is 20.7 Å². The Morgan fingerprint density at radius 3 is 2.45 bits per heavy atom. The number of likely N-dealkylation sites (tertiary alicyclic amines) is 1. The highest BCUT2D eigenvalue weighted by Gasteiger charge is 2.31. The van der Waals surface area contributed by atoms with Gasteiger partial charge in [0.1, 0.15) is 35.5 Å². The number of benzene rings is 2. The highest BCUT2D eigenvalue weighted by molar-refractivity contribution is 5.99. The van der Waals surface area contributed by atoms with E-state index in [1.54, 1.807) is 35.0 Å². The van der Waals surface area contributed by atoms with Gasteiger partial charge in [0, 0.05) is 30.6 Å². The maximum atomic E-state index is 13.6. The quantitative estimate of drug-likeness (QED) is 0.116. The van der Waals surface area contributed by atoms with Gasteiger partial charge in [-0.1, -0.05) is 51.1 Å². The molecule has 1 fully saturated rings. The molecular formula is C39H54N8O4. The predicted molar refractivity (Wildman–Crippen MR) is 200 cm³/mol. The summed E-state index contributed by atoms with van der Waals surface area (Å²) in [7, 11) is 0. The van der Waals surface area contributed by atoms with E-state index in [9.17, 15) is 4.79 Å². The van der Waals surface area contributed by atoms with Crippen LogP contribution in [-0.2, 0) is 0 Å². The van der Waals surface area contributed by atoms with Crippen LogP contribution in [0.1, 0.15) is 96.4 Å². The van der Waals surface area contributed by atoms with Gasteiger partial charge in [-0.25, -0.2) is 9.79 Å². The highest BCUT2D eigenvalue weighted by Crippen LogP contribution is 2.38. The van der Waals surface area contributed by atoms with E-state index in [1.165, 1.54) is 0 Å². The Balaban J connectivity index is 1.31. The van der Waals surface area contributed by atoms with E-state index < -0.39 is 0 Å². The average Bonchev–Trinajstić information content (AvgIpc) is 3.08. The van der Waals surface area contributed by atoms with Crippen molar-refractivity contribution in [2.45, 2.75) is 103 Å². The number of fused-ring (bicyclic) bond motifs is 1. The van der Waals surface area contributed by atoms with Gasteiger partial charge >= 0.3 is 6.03 Å². The normalized spacial score (nSPS) is 21.3. The SMILES string of the molecule is CC1CCCC(C)N1C(=N)n1cc(OC2CCC(NC(=O)NC(CC(N)C(C)(C)C)=Nc3cccc(OCCO)c3)c3ccccc32)ccc1=N. The van der Waals surface area contributed by atoms with Gasteiger partial charge in [0.2, 0.25) is 5.96 Å². The van der Waals surface area contributed by atoms with Gasteiger partial charge in [-0.15, -0.1) is 0 Å². The summed E-state index contributed by atoms with van der Waals surface area (Å²) in [6.45, 7) is 10.5. The second-order valence-electron chi connectivity index (χ2n) is 14.7. The first-order valence-corrected chi connectivity index (χ1v) is 18.0. The number of hydrogen-bond acceptors (Lipinski definition) is 8. The molecule has 5 unspecified atom stereocenters. The van der Waals surface area contributed by atoms with Crippen LogP contribution in [0.3, 0.4) is 0 Å². The molecule has 0 spiro atoms. The van der Waals surface area contributed by atoms with Gasteiger partial charge in [0.05, 0.1) is 24.5 Å². The third-order valence-corrected chi connectivity index (χ3v) is 9.83. The number of nitrogens with zero attached hydrogens (tertiary/aromatic N) is 3. The van der Waals surface area contributed by atoms with Crippen LogP contribution in [0.25, 0.3) is 0 Å². The number of ether oxygens (including phenoxy) is 2. The van der Waals surface area contributed by atoms with Crippen molar-refractivity contribution in [3.8, 4) is 11.5 Å². The number of piperidine rings is 1. The third-order valence-electron chi connectivity index (χ3n) is 9.83. The van der Waals surface area contributed by atoms with Gasteiger partial charge < -0.3 is 30.5 Å². The topological polar surface area (TPSA) is 174 Å². The number of amides is 2. The number of urea groups is 1. The van der Waals surface area contributed by atoms with Crippen LogP contribution in [0.5, 0.6) is 11.5 Å². The monoisotopic (exact) mass is 698 g/mol. The fraction of sp³-hybridized carbons (Fsp3) is 0.487. The lowest BCUT2D eigenvalue weighted by atomic mass is 9.85. The van der Waals surface area contributed by atoms with Crippen molar-refractivity contribution in [2.24, 2.45) is 16.1 Å². The molecule has 0 bridgehead atoms. The number of aromatic nitrogens is 1. The molecule has 0 radical (unpaired) electrons. The predicted octanol–water partition coefficient (Wildman–Crippen LogP) is 6.13. The zero-order chi connectivity index (χ0) is 36.7. The number of aliphatic hydroxyl groups is 1. The third kappa shape index (κ3) is 9.56. The standard InChI is InChI=1S/C39H54N8O4/c1-25-10-8-11-26(2)47(25)37(42)46-24-29(16-19-35(46)41)51-33-18-17-32(30-14-6-7-15-31(30)33)44-38(49)45-36(23-34(40)39(3,4)5)43-27-12-9-13-28(22-27)50-21-20-48/h6-7,9,12-16,19,22,24-26,32-34,41-42,48H,8,10-11,17-18,20-21,23,40H2,1-5H3,(H2,43,44,45,49). The average molecular weight is 699 g/mol. The molecule has 12 nitrogen and oxygen atoms in total. The minimum absolute atomic E-state index is 0.0968. The molecule has 51 heavy (non-hydrogen) atoms. The van der Waals surface area contributed by atoms with Crippen molar-refractivity contribution >= 4 is 23.5 Å². The molecule has 1 aromatic heterocycles. The van der Waals surface area contributed by atoms with Crippen molar-refractivity contribution in [3.63, 3.8) is 0 Å². The maximum absolute atomic E-state index is 13.6. The Bertz CT molecular complexity index is 1760.